The van der Waals surface area contributed by atoms with Gasteiger partial charge < -0.3 is 9.64 Å². The van der Waals surface area contributed by atoms with Crippen molar-refractivity contribution in [2.24, 2.45) is 0 Å². The van der Waals surface area contributed by atoms with E-state index in [1.54, 1.807) is 0 Å². The predicted molar refractivity (Wildman–Crippen MR) is 37.0 cm³/mol. The molecule has 0 amide bonds. The minimum Gasteiger partial charge on any atom is -0.457 e. The van der Waals surface area contributed by atoms with Gasteiger partial charge in [-0.05, 0) is 19.9 Å². The van der Waals surface area contributed by atoms with Crippen LogP contribution in [0.2, 0.25) is 0 Å². The first-order valence-corrected chi connectivity index (χ1v) is 3.42. The molecule has 1 atom stereocenters. The molecule has 0 saturated carbocycles. The number of nitrogens with zero attached hydrogens (tertiary/aromatic N) is 1. The molecule has 0 radical (unpaired) electrons. The topological polar surface area (TPSA) is 12.5 Å². The molecule has 54 valence electrons. The lowest BCUT2D eigenvalue weighted by Gasteiger charge is -2.33. The summed E-state index contributed by atoms with van der Waals surface area (Å²) in [5.41, 5.74) is 0. The Labute approximate surface area is 56.8 Å². The van der Waals surface area contributed by atoms with E-state index in [2.05, 4.69) is 7.05 Å². The van der Waals surface area contributed by atoms with E-state index < -0.39 is 0 Å². The summed E-state index contributed by atoms with van der Waals surface area (Å²) in [4.78, 5) is 1.99. The van der Waals surface area contributed by atoms with Gasteiger partial charge >= 0.3 is 0 Å². The first kappa shape index (κ1) is 7.03. The second-order valence-electron chi connectivity index (χ2n) is 2.63. The maximum atomic E-state index is 5.26. The SMILES string of the molecule is [CH2-]N(C)C1CCCOC1. The van der Waals surface area contributed by atoms with Crippen LogP contribution < -0.4 is 0 Å². The maximum Gasteiger partial charge on any atom is 0.0597 e. The second-order valence-corrected chi connectivity index (χ2v) is 2.63. The predicted octanol–water partition coefficient (Wildman–Crippen LogP) is 0.889. The molecule has 2 heteroatoms. The smallest absolute Gasteiger partial charge is 0.0597 e. The van der Waals surface area contributed by atoms with E-state index in [0.29, 0.717) is 6.04 Å². The summed E-state index contributed by atoms with van der Waals surface area (Å²) in [7, 11) is 5.81. The molecule has 0 bridgehead atoms. The van der Waals surface area contributed by atoms with Crippen molar-refractivity contribution in [3.63, 3.8) is 0 Å². The Morgan fingerprint density at radius 2 is 2.44 bits per heavy atom. The lowest BCUT2D eigenvalue weighted by molar-refractivity contribution is 0.0414. The van der Waals surface area contributed by atoms with Crippen molar-refractivity contribution in [3.05, 3.63) is 7.05 Å². The molecular formula is C7H14NO-. The normalized spacial score (nSPS) is 29.0. The number of hydrogen-bond acceptors (Lipinski definition) is 2. The van der Waals surface area contributed by atoms with Crippen LogP contribution in [0.3, 0.4) is 0 Å². The van der Waals surface area contributed by atoms with Crippen molar-refractivity contribution in [1.29, 1.82) is 0 Å². The van der Waals surface area contributed by atoms with Crippen molar-refractivity contribution in [2.45, 2.75) is 18.9 Å². The van der Waals surface area contributed by atoms with Gasteiger partial charge in [0.25, 0.3) is 0 Å². The fraction of sp³-hybridized carbons (Fsp3) is 0.857. The van der Waals surface area contributed by atoms with Gasteiger partial charge in [0.2, 0.25) is 0 Å². The quantitative estimate of drug-likeness (QED) is 0.486. The van der Waals surface area contributed by atoms with Crippen LogP contribution in [0.4, 0.5) is 0 Å². The van der Waals surface area contributed by atoms with Gasteiger partial charge in [-0.3, -0.25) is 7.05 Å². The van der Waals surface area contributed by atoms with E-state index in [1.165, 1.54) is 12.8 Å². The lowest BCUT2D eigenvalue weighted by Crippen LogP contribution is -2.34. The van der Waals surface area contributed by atoms with Crippen LogP contribution >= 0.6 is 0 Å². The van der Waals surface area contributed by atoms with Crippen LogP contribution in [-0.4, -0.2) is 31.2 Å². The molecule has 1 aliphatic heterocycles. The molecule has 2 nitrogen and oxygen atoms in total. The van der Waals surface area contributed by atoms with Gasteiger partial charge in [0.05, 0.1) is 6.61 Å². The third-order valence-electron chi connectivity index (χ3n) is 1.76. The summed E-state index contributed by atoms with van der Waals surface area (Å²) in [6, 6.07) is 0.554. The van der Waals surface area contributed by atoms with Gasteiger partial charge in [-0.25, -0.2) is 0 Å². The van der Waals surface area contributed by atoms with Gasteiger partial charge in [0.1, 0.15) is 0 Å². The molecule has 1 fully saturated rings. The van der Waals surface area contributed by atoms with Crippen molar-refractivity contribution in [2.75, 3.05) is 20.3 Å². The standard InChI is InChI=1S/C7H14NO/c1-8(2)7-4-3-5-9-6-7/h7H,1,3-6H2,2H3/q-1. The highest BCUT2D eigenvalue weighted by atomic mass is 16.5. The van der Waals surface area contributed by atoms with Crippen molar-refractivity contribution in [1.82, 2.24) is 4.90 Å². The van der Waals surface area contributed by atoms with Crippen LogP contribution in [-0.2, 0) is 4.74 Å². The Morgan fingerprint density at radius 3 is 2.78 bits per heavy atom. The average Bonchev–Trinajstić information content (AvgIpc) is 1.90. The van der Waals surface area contributed by atoms with Gasteiger partial charge in [-0.15, -0.1) is 0 Å². The fourth-order valence-corrected chi connectivity index (χ4v) is 1.07. The Hall–Kier alpha value is -0.0800. The zero-order valence-corrected chi connectivity index (χ0v) is 5.97. The highest BCUT2D eigenvalue weighted by molar-refractivity contribution is 4.70. The van der Waals surface area contributed by atoms with Crippen molar-refractivity contribution in [3.8, 4) is 0 Å². The van der Waals surface area contributed by atoms with E-state index >= 15 is 0 Å². The van der Waals surface area contributed by atoms with Crippen LogP contribution in [0.1, 0.15) is 12.8 Å². The van der Waals surface area contributed by atoms with Crippen LogP contribution in [0, 0.1) is 7.05 Å². The molecule has 0 aromatic heterocycles. The van der Waals surface area contributed by atoms with Gasteiger partial charge in [-0.2, -0.15) is 0 Å². The molecule has 9 heavy (non-hydrogen) atoms. The summed E-state index contributed by atoms with van der Waals surface area (Å²) in [6.07, 6.45) is 2.42. The minimum atomic E-state index is 0.554. The molecule has 0 aromatic carbocycles. The van der Waals surface area contributed by atoms with Gasteiger partial charge in [0.15, 0.2) is 0 Å². The Morgan fingerprint density at radius 1 is 1.67 bits per heavy atom. The zero-order chi connectivity index (χ0) is 6.69. The highest BCUT2D eigenvalue weighted by Gasteiger charge is 2.11. The van der Waals surface area contributed by atoms with Crippen LogP contribution in [0.15, 0.2) is 0 Å². The Kier molecular flexibility index (Phi) is 2.49. The molecule has 0 spiro atoms. The first-order chi connectivity index (χ1) is 4.30. The first-order valence-electron chi connectivity index (χ1n) is 3.42. The summed E-state index contributed by atoms with van der Waals surface area (Å²) in [5.74, 6) is 0. The third-order valence-corrected chi connectivity index (χ3v) is 1.76. The maximum absolute atomic E-state index is 5.26. The third kappa shape index (κ3) is 1.95. The van der Waals surface area contributed by atoms with E-state index in [0.717, 1.165) is 13.2 Å². The average molecular weight is 128 g/mol. The summed E-state index contributed by atoms with van der Waals surface area (Å²) in [5, 5.41) is 0. The summed E-state index contributed by atoms with van der Waals surface area (Å²) >= 11 is 0. The molecular weight excluding hydrogens is 114 g/mol. The molecule has 1 unspecified atom stereocenters. The summed E-state index contributed by atoms with van der Waals surface area (Å²) in [6.45, 7) is 1.80. The second kappa shape index (κ2) is 3.18. The van der Waals surface area contributed by atoms with E-state index in [9.17, 15) is 0 Å². The molecule has 1 saturated heterocycles. The summed E-state index contributed by atoms with van der Waals surface area (Å²) < 4.78 is 5.26. The van der Waals surface area contributed by atoms with Crippen molar-refractivity contribution >= 4 is 0 Å². The molecule has 1 aliphatic rings. The monoisotopic (exact) mass is 128 g/mol. The Balaban J connectivity index is 2.23. The minimum absolute atomic E-state index is 0.554. The molecule has 0 aromatic rings. The van der Waals surface area contributed by atoms with Gasteiger partial charge in [-0.1, -0.05) is 0 Å². The number of rotatable bonds is 1. The fourth-order valence-electron chi connectivity index (χ4n) is 1.07. The van der Waals surface area contributed by atoms with E-state index in [1.807, 2.05) is 11.9 Å². The largest absolute Gasteiger partial charge is 0.457 e. The van der Waals surface area contributed by atoms with E-state index in [-0.39, 0.29) is 0 Å². The van der Waals surface area contributed by atoms with Crippen molar-refractivity contribution < 1.29 is 4.74 Å². The number of likely N-dealkylation sites (N-methyl/N-ethyl adjacent to an activating group) is 1. The van der Waals surface area contributed by atoms with Crippen LogP contribution in [0.25, 0.3) is 0 Å². The lowest BCUT2D eigenvalue weighted by atomic mass is 10.1. The van der Waals surface area contributed by atoms with Gasteiger partial charge in [0, 0.05) is 12.6 Å². The van der Waals surface area contributed by atoms with E-state index in [4.69, 9.17) is 4.74 Å². The number of hydrogen-bond donors (Lipinski definition) is 0. The van der Waals surface area contributed by atoms with Crippen LogP contribution in [0.5, 0.6) is 0 Å². The molecule has 1 heterocycles. The molecule has 0 aliphatic carbocycles. The zero-order valence-electron chi connectivity index (χ0n) is 5.97. The number of ether oxygens (including phenoxy) is 1. The molecule has 1 rings (SSSR count). The molecule has 0 N–H and O–H groups in total. The Bertz CT molecular complexity index is 77.0. The highest BCUT2D eigenvalue weighted by Crippen LogP contribution is 2.09.